The van der Waals surface area contributed by atoms with Crippen molar-refractivity contribution < 1.29 is 4.79 Å². The highest BCUT2D eigenvalue weighted by Crippen LogP contribution is 2.32. The van der Waals surface area contributed by atoms with Crippen molar-refractivity contribution in [3.8, 4) is 0 Å². The Balaban J connectivity index is 1.66. The zero-order chi connectivity index (χ0) is 14.9. The van der Waals surface area contributed by atoms with Crippen LogP contribution in [-0.4, -0.2) is 17.8 Å². The van der Waals surface area contributed by atoms with E-state index in [4.69, 9.17) is 11.6 Å². The molecule has 0 spiro atoms. The second-order valence-electron chi connectivity index (χ2n) is 5.37. The lowest BCUT2D eigenvalue weighted by molar-refractivity contribution is -0.117. The molecule has 1 aliphatic carbocycles. The zero-order valence-electron chi connectivity index (χ0n) is 11.7. The first-order chi connectivity index (χ1) is 10.1. The number of nitrogens with one attached hydrogen (secondary N) is 2. The van der Waals surface area contributed by atoms with Crippen molar-refractivity contribution in [1.82, 2.24) is 10.6 Å². The monoisotopic (exact) mass is 301 g/mol. The van der Waals surface area contributed by atoms with E-state index in [0.717, 1.165) is 17.7 Å². The number of carbonyl (C=O) groups excluding carboxylic acids is 1. The van der Waals surface area contributed by atoms with Gasteiger partial charge in [-0.15, -0.1) is 0 Å². The van der Waals surface area contributed by atoms with E-state index in [-0.39, 0.29) is 11.4 Å². The summed E-state index contributed by atoms with van der Waals surface area (Å²) in [5, 5.41) is 6.65. The molecule has 0 bridgehead atoms. The van der Waals surface area contributed by atoms with E-state index < -0.39 is 0 Å². The van der Waals surface area contributed by atoms with Crippen molar-refractivity contribution in [2.75, 3.05) is 0 Å². The standard InChI is InChI=1S/C16H16ClN3O/c1-16-7-6-11(8-14(16)19-10-20-16)15(21)18-9-12-4-2-3-5-13(12)17/h2-6,8,10H,7,9H2,1H3,(H,18,21)(H,19,20). The van der Waals surface area contributed by atoms with Crippen LogP contribution in [0.3, 0.4) is 0 Å². The number of fused-ring (bicyclic) bond motifs is 1. The maximum Gasteiger partial charge on any atom is 0.251 e. The van der Waals surface area contributed by atoms with Gasteiger partial charge in [-0.3, -0.25) is 9.79 Å². The van der Waals surface area contributed by atoms with Crippen LogP contribution < -0.4 is 10.6 Å². The van der Waals surface area contributed by atoms with Crippen LogP contribution in [0.15, 0.2) is 52.7 Å². The van der Waals surface area contributed by atoms with Crippen LogP contribution in [0.1, 0.15) is 18.9 Å². The minimum Gasteiger partial charge on any atom is -0.348 e. The van der Waals surface area contributed by atoms with E-state index in [1.807, 2.05) is 43.3 Å². The molecule has 0 fully saturated rings. The predicted molar refractivity (Wildman–Crippen MR) is 84.1 cm³/mol. The van der Waals surface area contributed by atoms with Crippen molar-refractivity contribution in [2.45, 2.75) is 25.4 Å². The lowest BCUT2D eigenvalue weighted by Crippen LogP contribution is -2.31. The molecule has 0 saturated carbocycles. The summed E-state index contributed by atoms with van der Waals surface area (Å²) in [4.78, 5) is 16.6. The summed E-state index contributed by atoms with van der Waals surface area (Å²) in [6.07, 6.45) is 6.19. The molecule has 108 valence electrons. The van der Waals surface area contributed by atoms with Crippen LogP contribution in [-0.2, 0) is 11.3 Å². The first-order valence-corrected chi connectivity index (χ1v) is 7.20. The fourth-order valence-electron chi connectivity index (χ4n) is 2.43. The average Bonchev–Trinajstić information content (AvgIpc) is 2.86. The number of nitrogens with zero attached hydrogens (tertiary/aromatic N) is 1. The van der Waals surface area contributed by atoms with Crippen LogP contribution >= 0.6 is 11.6 Å². The van der Waals surface area contributed by atoms with E-state index in [0.29, 0.717) is 17.1 Å². The molecule has 4 nitrogen and oxygen atoms in total. The highest BCUT2D eigenvalue weighted by molar-refractivity contribution is 6.31. The maximum atomic E-state index is 12.2. The second kappa shape index (κ2) is 5.37. The molecule has 1 aromatic carbocycles. The number of benzene rings is 1. The summed E-state index contributed by atoms with van der Waals surface area (Å²) >= 11 is 6.08. The summed E-state index contributed by atoms with van der Waals surface area (Å²) in [6, 6.07) is 7.49. The van der Waals surface area contributed by atoms with Gasteiger partial charge in [-0.1, -0.05) is 35.9 Å². The summed E-state index contributed by atoms with van der Waals surface area (Å²) in [6.45, 7) is 2.46. The average molecular weight is 302 g/mol. The normalized spacial score (nSPS) is 23.0. The Hall–Kier alpha value is -2.07. The lowest BCUT2D eigenvalue weighted by Gasteiger charge is -2.25. The smallest absolute Gasteiger partial charge is 0.251 e. The Labute approximate surface area is 128 Å². The molecule has 3 rings (SSSR count). The topological polar surface area (TPSA) is 53.5 Å². The summed E-state index contributed by atoms with van der Waals surface area (Å²) in [5.74, 6) is -0.0989. The molecular weight excluding hydrogens is 286 g/mol. The van der Waals surface area contributed by atoms with Crippen molar-refractivity contribution in [1.29, 1.82) is 0 Å². The third-order valence-electron chi connectivity index (χ3n) is 3.83. The maximum absolute atomic E-state index is 12.2. The molecule has 1 heterocycles. The van der Waals surface area contributed by atoms with E-state index in [9.17, 15) is 4.79 Å². The molecule has 1 aliphatic heterocycles. The number of carbonyl (C=O) groups is 1. The minimum absolute atomic E-state index is 0.0989. The van der Waals surface area contributed by atoms with Crippen LogP contribution in [0.25, 0.3) is 0 Å². The zero-order valence-corrected chi connectivity index (χ0v) is 12.4. The van der Waals surface area contributed by atoms with Crippen LogP contribution in [0.5, 0.6) is 0 Å². The Morgan fingerprint density at radius 1 is 1.48 bits per heavy atom. The van der Waals surface area contributed by atoms with Gasteiger partial charge >= 0.3 is 0 Å². The van der Waals surface area contributed by atoms with Gasteiger partial charge in [0, 0.05) is 22.8 Å². The van der Waals surface area contributed by atoms with Crippen LogP contribution in [0, 0.1) is 0 Å². The fraction of sp³-hybridized carbons (Fsp3) is 0.250. The van der Waals surface area contributed by atoms with Gasteiger partial charge in [0.15, 0.2) is 0 Å². The molecule has 0 aromatic heterocycles. The van der Waals surface area contributed by atoms with Gasteiger partial charge in [-0.2, -0.15) is 0 Å². The molecule has 21 heavy (non-hydrogen) atoms. The first kappa shape index (κ1) is 13.9. The summed E-state index contributed by atoms with van der Waals surface area (Å²) < 4.78 is 0. The molecule has 1 amide bonds. The van der Waals surface area contributed by atoms with Crippen LogP contribution in [0.2, 0.25) is 5.02 Å². The minimum atomic E-state index is -0.244. The first-order valence-electron chi connectivity index (χ1n) is 6.83. The predicted octanol–water partition coefficient (Wildman–Crippen LogP) is 2.56. The van der Waals surface area contributed by atoms with Gasteiger partial charge in [0.1, 0.15) is 5.54 Å². The third kappa shape index (κ3) is 2.72. The van der Waals surface area contributed by atoms with Gasteiger partial charge in [-0.25, -0.2) is 0 Å². The number of aliphatic imine (C=N–C) groups is 1. The quantitative estimate of drug-likeness (QED) is 0.901. The summed E-state index contributed by atoms with van der Waals surface area (Å²) in [7, 11) is 0. The SMILES string of the molecule is CC12CC=C(C(=O)NCc3ccccc3Cl)C=C1NC=N2. The number of halogens is 1. The highest BCUT2D eigenvalue weighted by Gasteiger charge is 2.33. The van der Waals surface area contributed by atoms with Crippen molar-refractivity contribution in [3.63, 3.8) is 0 Å². The molecule has 5 heteroatoms. The van der Waals surface area contributed by atoms with Gasteiger partial charge in [0.25, 0.3) is 5.91 Å². The van der Waals surface area contributed by atoms with E-state index in [2.05, 4.69) is 15.6 Å². The number of hydrogen-bond acceptors (Lipinski definition) is 3. The number of rotatable bonds is 3. The molecule has 1 atom stereocenters. The third-order valence-corrected chi connectivity index (χ3v) is 4.20. The van der Waals surface area contributed by atoms with Crippen LogP contribution in [0.4, 0.5) is 0 Å². The van der Waals surface area contributed by atoms with Crippen molar-refractivity contribution in [2.24, 2.45) is 4.99 Å². The van der Waals surface area contributed by atoms with Gasteiger partial charge in [-0.05, 0) is 31.1 Å². The van der Waals surface area contributed by atoms with Crippen molar-refractivity contribution in [3.05, 3.63) is 58.3 Å². The summed E-state index contributed by atoms with van der Waals surface area (Å²) in [5.41, 5.74) is 2.29. The van der Waals surface area contributed by atoms with E-state index in [1.54, 1.807) is 6.34 Å². The number of amides is 1. The van der Waals surface area contributed by atoms with E-state index >= 15 is 0 Å². The molecule has 1 unspecified atom stereocenters. The van der Waals surface area contributed by atoms with Gasteiger partial charge < -0.3 is 10.6 Å². The highest BCUT2D eigenvalue weighted by atomic mass is 35.5. The fourth-order valence-corrected chi connectivity index (χ4v) is 2.63. The Morgan fingerprint density at radius 2 is 2.29 bits per heavy atom. The second-order valence-corrected chi connectivity index (χ2v) is 5.78. The molecule has 0 saturated heterocycles. The Kier molecular flexibility index (Phi) is 3.55. The van der Waals surface area contributed by atoms with E-state index in [1.165, 1.54) is 0 Å². The molecule has 0 radical (unpaired) electrons. The molecule has 2 N–H and O–H groups in total. The lowest BCUT2D eigenvalue weighted by atomic mass is 9.88. The largest absolute Gasteiger partial charge is 0.348 e. The molecular formula is C16H16ClN3O. The number of hydrogen-bond donors (Lipinski definition) is 2. The van der Waals surface area contributed by atoms with Gasteiger partial charge in [0.2, 0.25) is 0 Å². The van der Waals surface area contributed by atoms with Crippen molar-refractivity contribution >= 4 is 23.8 Å². The Bertz CT molecular complexity index is 678. The van der Waals surface area contributed by atoms with Gasteiger partial charge in [0.05, 0.1) is 6.34 Å². The molecule has 2 aliphatic rings. The molecule has 1 aromatic rings. The Morgan fingerprint density at radius 3 is 3.10 bits per heavy atom.